The Morgan fingerprint density at radius 2 is 1.33 bits per heavy atom. The number of nitrogens with zero attached hydrogens (tertiary/aromatic N) is 5. The highest BCUT2D eigenvalue weighted by atomic mass is 16.6. The number of amides is 2. The van der Waals surface area contributed by atoms with Gasteiger partial charge in [-0.2, -0.15) is 0 Å². The second-order valence-electron chi connectivity index (χ2n) is 14.3. The number of H-pyrrole nitrogens is 2. The highest BCUT2D eigenvalue weighted by molar-refractivity contribution is 5.80. The van der Waals surface area contributed by atoms with Crippen LogP contribution in [0.15, 0.2) is 67.0 Å². The van der Waals surface area contributed by atoms with E-state index in [1.165, 1.54) is 4.90 Å². The molecule has 0 saturated carbocycles. The fourth-order valence-electron chi connectivity index (χ4n) is 6.93. The van der Waals surface area contributed by atoms with Crippen molar-refractivity contribution >= 4 is 23.4 Å². The number of carbonyl (C=O) groups excluding carboxylic acids is 1. The van der Waals surface area contributed by atoms with Crippen LogP contribution in [0.4, 0.5) is 9.59 Å². The van der Waals surface area contributed by atoms with Crippen LogP contribution in [-0.2, 0) is 4.74 Å². The van der Waals surface area contributed by atoms with Crippen molar-refractivity contribution < 1.29 is 19.4 Å². The number of likely N-dealkylation sites (tertiary alicyclic amines) is 2. The molecule has 5 aromatic rings. The number of nitrogens with one attached hydrogen (secondary N) is 2. The summed E-state index contributed by atoms with van der Waals surface area (Å²) in [5.74, 6) is 2.05. The zero-order chi connectivity index (χ0) is 33.7. The van der Waals surface area contributed by atoms with Crippen molar-refractivity contribution in [1.29, 1.82) is 0 Å². The van der Waals surface area contributed by atoms with Gasteiger partial charge in [-0.1, -0.05) is 62.4 Å². The predicted octanol–water partition coefficient (Wildman–Crippen LogP) is 8.06. The molecule has 2 aliphatic heterocycles. The number of aromatic amines is 2. The molecule has 2 fully saturated rings. The normalized spacial score (nSPS) is 21.3. The fourth-order valence-corrected chi connectivity index (χ4v) is 6.93. The van der Waals surface area contributed by atoms with Crippen molar-refractivity contribution in [3.05, 3.63) is 78.6 Å². The van der Waals surface area contributed by atoms with Crippen LogP contribution >= 0.6 is 0 Å². The number of hydrogen-bond donors (Lipinski definition) is 3. The van der Waals surface area contributed by atoms with E-state index in [2.05, 4.69) is 88.4 Å². The van der Waals surface area contributed by atoms with Gasteiger partial charge in [-0.15, -0.1) is 0 Å². The lowest BCUT2D eigenvalue weighted by Gasteiger charge is -2.27. The lowest BCUT2D eigenvalue weighted by atomic mass is 10.00. The standard InChI is InChI=1S/C37H41N7O4/c1-21-14-30(43(19-21)35(45)46)33-39-18-29(41-33)26-12-10-24(11-13-26)23-6-8-25(9-7-23)27-16-28-32(38-17-27)42-34(40-28)31-15-22(2)20-44(31)36(47)48-37(3,4)5/h6-13,16-18,21-22,30-31H,14-15,19-20H2,1-5H3,(H,39,41)(H,45,46)(H,38,40,42)/t21-,22?,30-,31?/m0/s1. The largest absolute Gasteiger partial charge is 0.465 e. The average Bonchev–Trinajstić information content (AvgIpc) is 3.85. The first-order chi connectivity index (χ1) is 22.9. The molecule has 48 heavy (non-hydrogen) atoms. The summed E-state index contributed by atoms with van der Waals surface area (Å²) >= 11 is 0. The van der Waals surface area contributed by atoms with Crippen LogP contribution in [0, 0.1) is 11.8 Å². The molecule has 11 nitrogen and oxygen atoms in total. The lowest BCUT2D eigenvalue weighted by Crippen LogP contribution is -2.37. The Balaban J connectivity index is 1.05. The van der Waals surface area contributed by atoms with Crippen molar-refractivity contribution in [2.24, 2.45) is 11.8 Å². The first-order valence-corrected chi connectivity index (χ1v) is 16.5. The van der Waals surface area contributed by atoms with Crippen LogP contribution < -0.4 is 0 Å². The summed E-state index contributed by atoms with van der Waals surface area (Å²) in [7, 11) is 0. The molecule has 2 aromatic carbocycles. The van der Waals surface area contributed by atoms with Gasteiger partial charge in [0.25, 0.3) is 0 Å². The molecule has 2 saturated heterocycles. The molecule has 0 aliphatic carbocycles. The number of carboxylic acid groups (broad SMARTS) is 1. The van der Waals surface area contributed by atoms with Gasteiger partial charge in [-0.25, -0.2) is 24.5 Å². The first-order valence-electron chi connectivity index (χ1n) is 16.5. The van der Waals surface area contributed by atoms with Gasteiger partial charge in [-0.3, -0.25) is 9.80 Å². The topological polar surface area (TPSA) is 140 Å². The molecule has 0 spiro atoms. The molecule has 2 unspecified atom stereocenters. The molecule has 248 valence electrons. The maximum absolute atomic E-state index is 13.0. The Morgan fingerprint density at radius 3 is 1.94 bits per heavy atom. The van der Waals surface area contributed by atoms with E-state index in [0.717, 1.165) is 57.7 Å². The maximum Gasteiger partial charge on any atom is 0.410 e. The predicted molar refractivity (Wildman–Crippen MR) is 183 cm³/mol. The van der Waals surface area contributed by atoms with Gasteiger partial charge in [0.15, 0.2) is 5.65 Å². The Morgan fingerprint density at radius 1 is 0.771 bits per heavy atom. The molecule has 11 heteroatoms. The van der Waals surface area contributed by atoms with Gasteiger partial charge in [0, 0.05) is 24.8 Å². The SMILES string of the molecule is CC1CC(c2nc3ncc(-c4ccc(-c5ccc(-c6cnc([C@@H]7C[C@H](C)CN7C(=O)O)[nH]6)cc5)cc4)cc3[nH]2)N(C(=O)OC(C)(C)C)C1. The van der Waals surface area contributed by atoms with Gasteiger partial charge in [0.1, 0.15) is 17.2 Å². The van der Waals surface area contributed by atoms with Crippen molar-refractivity contribution in [2.45, 2.75) is 65.1 Å². The molecule has 2 amide bonds. The van der Waals surface area contributed by atoms with Gasteiger partial charge in [0.05, 0.1) is 29.5 Å². The molecule has 2 aliphatic rings. The van der Waals surface area contributed by atoms with Gasteiger partial charge in [0.2, 0.25) is 0 Å². The summed E-state index contributed by atoms with van der Waals surface area (Å²) in [5, 5.41) is 9.61. The summed E-state index contributed by atoms with van der Waals surface area (Å²) in [4.78, 5) is 48.7. The third kappa shape index (κ3) is 6.24. The summed E-state index contributed by atoms with van der Waals surface area (Å²) in [6.07, 6.45) is 3.95. The number of fused-ring (bicyclic) bond motifs is 1. The van der Waals surface area contributed by atoms with Crippen LogP contribution in [0.3, 0.4) is 0 Å². The molecule has 0 radical (unpaired) electrons. The van der Waals surface area contributed by atoms with E-state index in [4.69, 9.17) is 9.72 Å². The Hall–Kier alpha value is -5.19. The van der Waals surface area contributed by atoms with Crippen LogP contribution in [0.1, 0.15) is 71.2 Å². The number of ether oxygens (including phenoxy) is 1. The smallest absolute Gasteiger partial charge is 0.410 e. The number of aromatic nitrogens is 5. The minimum absolute atomic E-state index is 0.188. The molecular weight excluding hydrogens is 606 g/mol. The second kappa shape index (κ2) is 12.1. The Labute approximate surface area is 279 Å². The van der Waals surface area contributed by atoms with Crippen LogP contribution in [0.2, 0.25) is 0 Å². The molecule has 4 atom stereocenters. The summed E-state index contributed by atoms with van der Waals surface area (Å²) in [6.45, 7) is 11.0. The monoisotopic (exact) mass is 647 g/mol. The molecule has 3 N–H and O–H groups in total. The number of hydrogen-bond acceptors (Lipinski definition) is 6. The third-order valence-corrected chi connectivity index (χ3v) is 9.22. The summed E-state index contributed by atoms with van der Waals surface area (Å²) < 4.78 is 5.68. The Bertz CT molecular complexity index is 1960. The molecule has 3 aromatic heterocycles. The van der Waals surface area contributed by atoms with Gasteiger partial charge >= 0.3 is 12.2 Å². The minimum Gasteiger partial charge on any atom is -0.465 e. The number of benzene rings is 2. The van der Waals surface area contributed by atoms with Crippen molar-refractivity contribution in [1.82, 2.24) is 34.7 Å². The zero-order valence-corrected chi connectivity index (χ0v) is 27.9. The quantitative estimate of drug-likeness (QED) is 0.175. The molecule has 7 rings (SSSR count). The van der Waals surface area contributed by atoms with E-state index < -0.39 is 11.7 Å². The van der Waals surface area contributed by atoms with Crippen LogP contribution in [0.5, 0.6) is 0 Å². The Kier molecular flexibility index (Phi) is 7.93. The fraction of sp³-hybridized carbons (Fsp3) is 0.378. The first kappa shape index (κ1) is 31.4. The van der Waals surface area contributed by atoms with E-state index in [1.807, 2.05) is 27.0 Å². The van der Waals surface area contributed by atoms with Crippen LogP contribution in [-0.4, -0.2) is 70.7 Å². The molecule has 5 heterocycles. The summed E-state index contributed by atoms with van der Waals surface area (Å²) in [6, 6.07) is 18.3. The number of pyridine rings is 1. The van der Waals surface area contributed by atoms with E-state index in [1.54, 1.807) is 11.1 Å². The maximum atomic E-state index is 13.0. The number of imidazole rings is 2. The number of rotatable bonds is 5. The second-order valence-corrected chi connectivity index (χ2v) is 14.3. The minimum atomic E-state index is -0.910. The molecular formula is C37H41N7O4. The third-order valence-electron chi connectivity index (χ3n) is 9.22. The van der Waals surface area contributed by atoms with Gasteiger partial charge in [-0.05, 0) is 73.8 Å². The van der Waals surface area contributed by atoms with Crippen molar-refractivity contribution in [3.63, 3.8) is 0 Å². The number of carbonyl (C=O) groups is 2. The highest BCUT2D eigenvalue weighted by Gasteiger charge is 2.39. The lowest BCUT2D eigenvalue weighted by molar-refractivity contribution is 0.0214. The van der Waals surface area contributed by atoms with Crippen LogP contribution in [0.25, 0.3) is 44.7 Å². The van der Waals surface area contributed by atoms with E-state index >= 15 is 0 Å². The summed E-state index contributed by atoms with van der Waals surface area (Å²) in [5.41, 5.74) is 6.90. The molecule has 0 bridgehead atoms. The van der Waals surface area contributed by atoms with Crippen molar-refractivity contribution in [2.75, 3.05) is 13.1 Å². The van der Waals surface area contributed by atoms with E-state index in [0.29, 0.717) is 36.4 Å². The van der Waals surface area contributed by atoms with E-state index in [9.17, 15) is 14.7 Å². The zero-order valence-electron chi connectivity index (χ0n) is 27.9. The van der Waals surface area contributed by atoms with E-state index in [-0.39, 0.29) is 18.2 Å². The highest BCUT2D eigenvalue weighted by Crippen LogP contribution is 2.37. The van der Waals surface area contributed by atoms with Gasteiger partial charge < -0.3 is 19.8 Å². The average molecular weight is 648 g/mol. The van der Waals surface area contributed by atoms with Crippen molar-refractivity contribution in [3.8, 4) is 33.5 Å².